The first-order valence-corrected chi connectivity index (χ1v) is 5.87. The molecule has 1 aliphatic rings. The summed E-state index contributed by atoms with van der Waals surface area (Å²) in [5, 5.41) is 13.1. The molecule has 0 saturated carbocycles. The standard InChI is InChI=1S/C11H14O3S/c1-10(8-3-6-15-7-8)4-5-11(2,14-10)9(12)13/h3,6-7H,4-5H2,1-2H3,(H,12,13). The van der Waals surface area contributed by atoms with Gasteiger partial charge in [-0.05, 0) is 49.1 Å². The number of thiophene rings is 1. The van der Waals surface area contributed by atoms with Crippen molar-refractivity contribution in [3.63, 3.8) is 0 Å². The quantitative estimate of drug-likeness (QED) is 0.843. The van der Waals surface area contributed by atoms with Gasteiger partial charge in [-0.2, -0.15) is 11.3 Å². The highest BCUT2D eigenvalue weighted by Gasteiger charge is 2.49. The van der Waals surface area contributed by atoms with E-state index in [4.69, 9.17) is 9.84 Å². The van der Waals surface area contributed by atoms with Crippen molar-refractivity contribution in [2.24, 2.45) is 0 Å². The van der Waals surface area contributed by atoms with Crippen molar-refractivity contribution in [2.45, 2.75) is 37.9 Å². The summed E-state index contributed by atoms with van der Waals surface area (Å²) in [4.78, 5) is 11.1. The summed E-state index contributed by atoms with van der Waals surface area (Å²) in [5.74, 6) is -0.874. The summed E-state index contributed by atoms with van der Waals surface area (Å²) in [6.45, 7) is 3.61. The number of rotatable bonds is 2. The number of hydrogen-bond donors (Lipinski definition) is 1. The lowest BCUT2D eigenvalue weighted by atomic mass is 9.94. The fourth-order valence-electron chi connectivity index (χ4n) is 2.00. The molecule has 82 valence electrons. The van der Waals surface area contributed by atoms with Crippen LogP contribution in [0.3, 0.4) is 0 Å². The summed E-state index contributed by atoms with van der Waals surface area (Å²) in [6.07, 6.45) is 1.32. The molecule has 0 spiro atoms. The topological polar surface area (TPSA) is 46.5 Å². The highest BCUT2D eigenvalue weighted by Crippen LogP contribution is 2.44. The normalized spacial score (nSPS) is 35.6. The first kappa shape index (κ1) is 10.6. The van der Waals surface area contributed by atoms with Gasteiger partial charge in [-0.1, -0.05) is 0 Å². The summed E-state index contributed by atoms with van der Waals surface area (Å²) in [6, 6.07) is 2.00. The zero-order chi connectivity index (χ0) is 11.1. The molecule has 0 radical (unpaired) electrons. The third kappa shape index (κ3) is 1.68. The third-order valence-electron chi connectivity index (χ3n) is 3.11. The molecule has 1 N–H and O–H groups in total. The molecule has 1 aromatic rings. The van der Waals surface area contributed by atoms with E-state index in [1.807, 2.05) is 23.8 Å². The smallest absolute Gasteiger partial charge is 0.335 e. The molecule has 15 heavy (non-hydrogen) atoms. The van der Waals surface area contributed by atoms with Crippen LogP contribution in [0.5, 0.6) is 0 Å². The van der Waals surface area contributed by atoms with E-state index < -0.39 is 17.2 Å². The minimum absolute atomic E-state index is 0.437. The molecule has 2 rings (SSSR count). The Kier molecular flexibility index (Phi) is 2.35. The average Bonchev–Trinajstić information content (AvgIpc) is 2.75. The summed E-state index contributed by atoms with van der Waals surface area (Å²) >= 11 is 1.61. The second kappa shape index (κ2) is 3.32. The lowest BCUT2D eigenvalue weighted by Gasteiger charge is -2.27. The molecule has 1 aliphatic heterocycles. The van der Waals surface area contributed by atoms with Crippen LogP contribution in [0.15, 0.2) is 16.8 Å². The molecule has 4 heteroatoms. The maximum Gasteiger partial charge on any atom is 0.335 e. The Labute approximate surface area is 92.7 Å². The molecule has 0 bridgehead atoms. The molecule has 1 saturated heterocycles. The largest absolute Gasteiger partial charge is 0.479 e. The zero-order valence-corrected chi connectivity index (χ0v) is 9.63. The van der Waals surface area contributed by atoms with Crippen molar-refractivity contribution in [1.82, 2.24) is 0 Å². The van der Waals surface area contributed by atoms with E-state index in [9.17, 15) is 4.79 Å². The van der Waals surface area contributed by atoms with Crippen molar-refractivity contribution in [1.29, 1.82) is 0 Å². The van der Waals surface area contributed by atoms with E-state index in [0.717, 1.165) is 12.0 Å². The molecule has 0 aliphatic carbocycles. The Balaban J connectivity index is 2.26. The molecule has 2 unspecified atom stereocenters. The van der Waals surface area contributed by atoms with Crippen molar-refractivity contribution >= 4 is 17.3 Å². The Morgan fingerprint density at radius 1 is 1.53 bits per heavy atom. The maximum absolute atomic E-state index is 11.1. The fourth-order valence-corrected chi connectivity index (χ4v) is 2.77. The minimum atomic E-state index is -1.03. The molecular weight excluding hydrogens is 212 g/mol. The van der Waals surface area contributed by atoms with Crippen LogP contribution in [0.1, 0.15) is 32.3 Å². The molecule has 1 fully saturated rings. The highest BCUT2D eigenvalue weighted by atomic mass is 32.1. The number of carboxylic acid groups (broad SMARTS) is 1. The molecule has 2 heterocycles. The summed E-state index contributed by atoms with van der Waals surface area (Å²) < 4.78 is 5.75. The van der Waals surface area contributed by atoms with Gasteiger partial charge in [-0.15, -0.1) is 0 Å². The number of carboxylic acids is 1. The second-order valence-electron chi connectivity index (χ2n) is 4.38. The van der Waals surface area contributed by atoms with Crippen molar-refractivity contribution in [3.05, 3.63) is 22.4 Å². The van der Waals surface area contributed by atoms with Crippen molar-refractivity contribution in [2.75, 3.05) is 0 Å². The first-order chi connectivity index (χ1) is 6.96. The van der Waals surface area contributed by atoms with Gasteiger partial charge in [0.05, 0.1) is 5.60 Å². The van der Waals surface area contributed by atoms with E-state index in [1.165, 1.54) is 0 Å². The van der Waals surface area contributed by atoms with E-state index in [1.54, 1.807) is 18.3 Å². The number of ether oxygens (including phenoxy) is 1. The van der Waals surface area contributed by atoms with Crippen molar-refractivity contribution < 1.29 is 14.6 Å². The zero-order valence-electron chi connectivity index (χ0n) is 8.82. The van der Waals surface area contributed by atoms with E-state index in [0.29, 0.717) is 6.42 Å². The first-order valence-electron chi connectivity index (χ1n) is 4.93. The predicted molar refractivity (Wildman–Crippen MR) is 58.0 cm³/mol. The van der Waals surface area contributed by atoms with E-state index >= 15 is 0 Å². The van der Waals surface area contributed by atoms with Crippen LogP contribution in [0.2, 0.25) is 0 Å². The van der Waals surface area contributed by atoms with Gasteiger partial charge < -0.3 is 9.84 Å². The van der Waals surface area contributed by atoms with Crippen molar-refractivity contribution in [3.8, 4) is 0 Å². The molecule has 1 aromatic heterocycles. The highest BCUT2D eigenvalue weighted by molar-refractivity contribution is 7.08. The van der Waals surface area contributed by atoms with Crippen LogP contribution in [0, 0.1) is 0 Å². The summed E-state index contributed by atoms with van der Waals surface area (Å²) in [7, 11) is 0. The van der Waals surface area contributed by atoms with Gasteiger partial charge in [0.15, 0.2) is 5.60 Å². The van der Waals surface area contributed by atoms with Crippen LogP contribution in [0.25, 0.3) is 0 Å². The number of hydrogen-bond acceptors (Lipinski definition) is 3. The van der Waals surface area contributed by atoms with Crippen LogP contribution in [-0.2, 0) is 15.1 Å². The van der Waals surface area contributed by atoms with Gasteiger partial charge in [0, 0.05) is 0 Å². The van der Waals surface area contributed by atoms with Crippen LogP contribution < -0.4 is 0 Å². The Hall–Kier alpha value is -0.870. The molecular formula is C11H14O3S. The monoisotopic (exact) mass is 226 g/mol. The lowest BCUT2D eigenvalue weighted by Crippen LogP contribution is -2.37. The lowest BCUT2D eigenvalue weighted by molar-refractivity contribution is -0.170. The third-order valence-corrected chi connectivity index (χ3v) is 3.80. The Morgan fingerprint density at radius 2 is 2.27 bits per heavy atom. The predicted octanol–water partition coefficient (Wildman–Crippen LogP) is 2.62. The second-order valence-corrected chi connectivity index (χ2v) is 5.16. The van der Waals surface area contributed by atoms with Gasteiger partial charge in [0.1, 0.15) is 0 Å². The number of carbonyl (C=O) groups is 1. The Morgan fingerprint density at radius 3 is 2.73 bits per heavy atom. The molecule has 3 nitrogen and oxygen atoms in total. The van der Waals surface area contributed by atoms with Crippen LogP contribution in [-0.4, -0.2) is 16.7 Å². The van der Waals surface area contributed by atoms with Gasteiger partial charge in [-0.25, -0.2) is 4.79 Å². The SMILES string of the molecule is CC1(C(=O)O)CCC(C)(c2ccsc2)O1. The van der Waals surface area contributed by atoms with Gasteiger partial charge in [0.2, 0.25) is 0 Å². The van der Waals surface area contributed by atoms with E-state index in [2.05, 4.69) is 0 Å². The summed E-state index contributed by atoms with van der Waals surface area (Å²) in [5.41, 5.74) is -0.387. The number of aliphatic carboxylic acids is 1. The van der Waals surface area contributed by atoms with E-state index in [-0.39, 0.29) is 0 Å². The minimum Gasteiger partial charge on any atom is -0.479 e. The molecule has 0 aromatic carbocycles. The van der Waals surface area contributed by atoms with Crippen LogP contribution in [0.4, 0.5) is 0 Å². The maximum atomic E-state index is 11.1. The molecule has 0 amide bonds. The van der Waals surface area contributed by atoms with Crippen LogP contribution >= 0.6 is 11.3 Å². The van der Waals surface area contributed by atoms with Gasteiger partial charge in [0.25, 0.3) is 0 Å². The average molecular weight is 226 g/mol. The fraction of sp³-hybridized carbons (Fsp3) is 0.545. The molecule has 2 atom stereocenters. The Bertz CT molecular complexity index is 373. The van der Waals surface area contributed by atoms with Gasteiger partial charge in [-0.3, -0.25) is 0 Å². The van der Waals surface area contributed by atoms with Gasteiger partial charge >= 0.3 is 5.97 Å².